The zero-order chi connectivity index (χ0) is 20.5. The van der Waals surface area contributed by atoms with Crippen molar-refractivity contribution in [1.82, 2.24) is 10.1 Å². The third-order valence-electron chi connectivity index (χ3n) is 4.75. The molecule has 1 amide bonds. The summed E-state index contributed by atoms with van der Waals surface area (Å²) in [5.41, 5.74) is 2.37. The number of nitrogens with zero attached hydrogens (tertiary/aromatic N) is 4. The van der Waals surface area contributed by atoms with Crippen LogP contribution in [0.5, 0.6) is 11.6 Å². The molecular formula is C21H20N4O3S. The first-order chi connectivity index (χ1) is 14.1. The molecule has 1 aromatic heterocycles. The van der Waals surface area contributed by atoms with Crippen molar-refractivity contribution < 1.29 is 19.3 Å². The van der Waals surface area contributed by atoms with Gasteiger partial charge in [-0.25, -0.2) is 9.88 Å². The quantitative estimate of drug-likeness (QED) is 0.487. The topological polar surface area (TPSA) is 82.3 Å². The highest BCUT2D eigenvalue weighted by atomic mass is 32.2. The average Bonchev–Trinajstić information content (AvgIpc) is 2.72. The molecule has 0 saturated heterocycles. The maximum Gasteiger partial charge on any atom is 0.296 e. The SMILES string of the molecule is CCSc1nc([O-])c2[n+](n1)C(c1ccccc1OC)N(C(C)=O)c1ccccc1-2. The zero-order valence-corrected chi connectivity index (χ0v) is 17.1. The molecule has 1 aliphatic rings. The third kappa shape index (κ3) is 3.19. The van der Waals surface area contributed by atoms with Crippen LogP contribution < -0.4 is 19.4 Å². The van der Waals surface area contributed by atoms with Crippen LogP contribution in [0.15, 0.2) is 53.7 Å². The van der Waals surface area contributed by atoms with Crippen molar-refractivity contribution in [3.05, 3.63) is 54.1 Å². The standard InChI is InChI=1S/C21H20N4O3S/c1-4-29-21-22-19(27)18-14-9-5-7-11-16(14)24(13(2)26)20(25(18)23-21)15-10-6-8-12-17(15)28-3/h5-12,20H,4H2,1-3H3. The zero-order valence-electron chi connectivity index (χ0n) is 16.3. The molecule has 29 heavy (non-hydrogen) atoms. The fraction of sp³-hybridized carbons (Fsp3) is 0.238. The normalized spacial score (nSPS) is 14.9. The van der Waals surface area contributed by atoms with Gasteiger partial charge < -0.3 is 9.84 Å². The van der Waals surface area contributed by atoms with Gasteiger partial charge in [0.05, 0.1) is 29.8 Å². The molecule has 148 valence electrons. The number of carbonyl (C=O) groups is 1. The van der Waals surface area contributed by atoms with Crippen LogP contribution in [0.1, 0.15) is 25.6 Å². The molecule has 2 heterocycles. The fourth-order valence-electron chi connectivity index (χ4n) is 3.63. The van der Waals surface area contributed by atoms with Gasteiger partial charge in [-0.2, -0.15) is 0 Å². The van der Waals surface area contributed by atoms with E-state index < -0.39 is 6.17 Å². The van der Waals surface area contributed by atoms with Crippen LogP contribution in [0.2, 0.25) is 0 Å². The van der Waals surface area contributed by atoms with Crippen LogP contribution in [0.4, 0.5) is 5.69 Å². The Labute approximate surface area is 173 Å². The van der Waals surface area contributed by atoms with Crippen LogP contribution in [0.25, 0.3) is 11.3 Å². The van der Waals surface area contributed by atoms with Crippen molar-refractivity contribution in [3.63, 3.8) is 0 Å². The lowest BCUT2D eigenvalue weighted by atomic mass is 10.0. The number of carbonyl (C=O) groups excluding carboxylic acids is 1. The summed E-state index contributed by atoms with van der Waals surface area (Å²) in [4.78, 5) is 18.6. The van der Waals surface area contributed by atoms with Crippen molar-refractivity contribution in [3.8, 4) is 22.9 Å². The first-order valence-corrected chi connectivity index (χ1v) is 10.2. The molecule has 0 radical (unpaired) electrons. The van der Waals surface area contributed by atoms with Crippen LogP contribution in [-0.2, 0) is 4.79 Å². The maximum atomic E-state index is 13.0. The number of ether oxygens (including phenoxy) is 1. The molecule has 4 rings (SSSR count). The van der Waals surface area contributed by atoms with Gasteiger partial charge in [0.15, 0.2) is 0 Å². The highest BCUT2D eigenvalue weighted by Gasteiger charge is 2.45. The second-order valence-electron chi connectivity index (χ2n) is 6.45. The molecule has 3 aromatic rings. The maximum absolute atomic E-state index is 13.0. The van der Waals surface area contributed by atoms with Crippen LogP contribution in [-0.4, -0.2) is 28.9 Å². The van der Waals surface area contributed by atoms with Crippen molar-refractivity contribution >= 4 is 23.4 Å². The lowest BCUT2D eigenvalue weighted by Crippen LogP contribution is -2.58. The molecule has 0 spiro atoms. The summed E-state index contributed by atoms with van der Waals surface area (Å²) in [7, 11) is 1.58. The second-order valence-corrected chi connectivity index (χ2v) is 7.68. The molecule has 7 nitrogen and oxygen atoms in total. The Morgan fingerprint density at radius 1 is 1.24 bits per heavy atom. The Kier molecular flexibility index (Phi) is 5.10. The summed E-state index contributed by atoms with van der Waals surface area (Å²) in [6.07, 6.45) is -0.666. The number of fused-ring (bicyclic) bond motifs is 3. The Morgan fingerprint density at radius 3 is 2.69 bits per heavy atom. The lowest BCUT2D eigenvalue weighted by molar-refractivity contribution is -0.764. The predicted octanol–water partition coefficient (Wildman–Crippen LogP) is 2.54. The largest absolute Gasteiger partial charge is 0.854 e. The molecule has 2 aromatic carbocycles. The number of rotatable bonds is 4. The minimum absolute atomic E-state index is 0.165. The van der Waals surface area contributed by atoms with E-state index in [1.807, 2.05) is 55.5 Å². The highest BCUT2D eigenvalue weighted by molar-refractivity contribution is 7.99. The van der Waals surface area contributed by atoms with E-state index in [0.29, 0.717) is 27.9 Å². The molecular weight excluding hydrogens is 388 g/mol. The molecule has 0 fully saturated rings. The summed E-state index contributed by atoms with van der Waals surface area (Å²) in [6.45, 7) is 3.48. The molecule has 0 saturated carbocycles. The Morgan fingerprint density at radius 2 is 1.97 bits per heavy atom. The monoisotopic (exact) mass is 408 g/mol. The van der Waals surface area contributed by atoms with Crippen LogP contribution in [0, 0.1) is 0 Å². The van der Waals surface area contributed by atoms with Gasteiger partial charge in [0.2, 0.25) is 5.91 Å². The minimum Gasteiger partial charge on any atom is -0.854 e. The lowest BCUT2D eigenvalue weighted by Gasteiger charge is -2.33. The van der Waals surface area contributed by atoms with E-state index in [-0.39, 0.29) is 11.8 Å². The van der Waals surface area contributed by atoms with Gasteiger partial charge >= 0.3 is 0 Å². The van der Waals surface area contributed by atoms with E-state index in [9.17, 15) is 9.90 Å². The summed E-state index contributed by atoms with van der Waals surface area (Å²) in [6, 6.07) is 14.8. The first kappa shape index (κ1) is 19.2. The first-order valence-electron chi connectivity index (χ1n) is 9.22. The number of hydrogen-bond donors (Lipinski definition) is 0. The summed E-state index contributed by atoms with van der Waals surface area (Å²) in [5.74, 6) is 0.802. The molecule has 1 unspecified atom stereocenters. The number of amides is 1. The smallest absolute Gasteiger partial charge is 0.296 e. The van der Waals surface area contributed by atoms with Gasteiger partial charge in [-0.3, -0.25) is 4.79 Å². The highest BCUT2D eigenvalue weighted by Crippen LogP contribution is 2.42. The molecule has 1 aliphatic heterocycles. The van der Waals surface area contributed by atoms with Gasteiger partial charge in [0.25, 0.3) is 17.0 Å². The van der Waals surface area contributed by atoms with Crippen molar-refractivity contribution in [1.29, 1.82) is 0 Å². The predicted molar refractivity (Wildman–Crippen MR) is 108 cm³/mol. The van der Waals surface area contributed by atoms with Gasteiger partial charge in [0.1, 0.15) is 5.75 Å². The Hall–Kier alpha value is -3.13. The van der Waals surface area contributed by atoms with Gasteiger partial charge in [0, 0.05) is 12.0 Å². The number of para-hydroxylation sites is 2. The Balaban J connectivity index is 2.08. The van der Waals surface area contributed by atoms with E-state index in [2.05, 4.69) is 10.1 Å². The number of hydrogen-bond acceptors (Lipinski definition) is 6. The number of benzene rings is 2. The van der Waals surface area contributed by atoms with Gasteiger partial charge in [-0.1, -0.05) is 47.6 Å². The molecule has 0 N–H and O–H groups in total. The summed E-state index contributed by atoms with van der Waals surface area (Å²) in [5, 5.41) is 18.0. The summed E-state index contributed by atoms with van der Waals surface area (Å²) >= 11 is 1.38. The van der Waals surface area contributed by atoms with Crippen LogP contribution in [0.3, 0.4) is 0 Å². The fourth-order valence-corrected chi connectivity index (χ4v) is 4.18. The molecule has 1 atom stereocenters. The summed E-state index contributed by atoms with van der Waals surface area (Å²) < 4.78 is 7.17. The van der Waals surface area contributed by atoms with Crippen molar-refractivity contribution in [2.24, 2.45) is 0 Å². The average molecular weight is 408 g/mol. The molecule has 0 bridgehead atoms. The van der Waals surface area contributed by atoms with E-state index in [4.69, 9.17) is 4.74 Å². The molecule has 0 aliphatic carbocycles. The number of methoxy groups -OCH3 is 1. The number of thioether (sulfide) groups is 1. The van der Waals surface area contributed by atoms with Crippen LogP contribution >= 0.6 is 11.8 Å². The Bertz CT molecular complexity index is 1090. The second kappa shape index (κ2) is 7.71. The van der Waals surface area contributed by atoms with E-state index in [1.54, 1.807) is 16.7 Å². The van der Waals surface area contributed by atoms with E-state index >= 15 is 0 Å². The van der Waals surface area contributed by atoms with E-state index in [0.717, 1.165) is 11.3 Å². The van der Waals surface area contributed by atoms with Gasteiger partial charge in [-0.15, -0.1) is 0 Å². The number of anilines is 1. The number of aromatic nitrogens is 3. The third-order valence-corrected chi connectivity index (χ3v) is 5.47. The van der Waals surface area contributed by atoms with Crippen molar-refractivity contribution in [2.75, 3.05) is 17.8 Å². The van der Waals surface area contributed by atoms with Gasteiger partial charge in [-0.05, 0) is 30.0 Å². The minimum atomic E-state index is -0.666. The molecule has 8 heteroatoms. The van der Waals surface area contributed by atoms with Crippen molar-refractivity contribution in [2.45, 2.75) is 25.2 Å². The van der Waals surface area contributed by atoms with E-state index in [1.165, 1.54) is 18.7 Å².